The third-order valence-electron chi connectivity index (χ3n) is 18.5. The summed E-state index contributed by atoms with van der Waals surface area (Å²) in [6.07, 6.45) is 0. The molecular formula is C82H55NOSi. The Kier molecular flexibility index (Phi) is 11.1. The topological polar surface area (TPSA) is 18.1 Å². The number of fused-ring (bicyclic) bond motifs is 11. The maximum absolute atomic E-state index is 6.22. The molecule has 14 aromatic carbocycles. The van der Waals surface area contributed by atoms with Crippen molar-refractivity contribution in [2.45, 2.75) is 13.1 Å². The molecule has 0 bridgehead atoms. The Morgan fingerprint density at radius 2 is 0.612 bits per heavy atom. The van der Waals surface area contributed by atoms with Crippen LogP contribution in [0.4, 0.5) is 0 Å². The lowest BCUT2D eigenvalue weighted by atomic mass is 9.95. The summed E-state index contributed by atoms with van der Waals surface area (Å²) in [5.74, 6) is 0. The van der Waals surface area contributed by atoms with Crippen molar-refractivity contribution < 1.29 is 4.42 Å². The standard InChI is InChI=1S/C82H55NOSi/c1-85(2)81-50-65(64-40-46-80-76(49-64)71-17-7-8-20-79(71)84-80)37-42-72(81)73-43-41-66(51-82(73)85)83-77-44-38-62(56-25-21-52(22-26-56)54-29-33-60(34-30-54)69-18-9-13-58-11-3-5-15-67(58)69)47-74(77)75-48-63(39-45-78(75)83)57-27-23-53(24-28-57)55-31-35-61(36-32-55)70-19-10-14-59-12-4-6-16-68(59)70/h3-51H,1-2H3. The molecule has 0 fully saturated rings. The van der Waals surface area contributed by atoms with Crippen LogP contribution in [0.5, 0.6) is 0 Å². The highest BCUT2D eigenvalue weighted by atomic mass is 28.3. The Bertz CT molecular complexity index is 5120. The second-order valence-corrected chi connectivity index (χ2v) is 27.9. The number of aromatic nitrogens is 1. The maximum Gasteiger partial charge on any atom is 0.135 e. The minimum absolute atomic E-state index is 0.924. The van der Waals surface area contributed by atoms with Gasteiger partial charge in [0.1, 0.15) is 19.2 Å². The Morgan fingerprint density at radius 3 is 1.15 bits per heavy atom. The molecule has 3 heteroatoms. The first-order valence-electron chi connectivity index (χ1n) is 29.5. The Hall–Kier alpha value is -10.6. The molecule has 1 aliphatic rings. The Labute approximate surface area is 494 Å². The summed E-state index contributed by atoms with van der Waals surface area (Å²) in [5.41, 5.74) is 25.2. The molecular weight excluding hydrogens is 1040 g/mol. The quantitative estimate of drug-likeness (QED) is 0.139. The third-order valence-corrected chi connectivity index (χ3v) is 22.0. The van der Waals surface area contributed by atoms with Gasteiger partial charge in [-0.25, -0.2) is 0 Å². The van der Waals surface area contributed by atoms with E-state index < -0.39 is 8.07 Å². The molecule has 16 aromatic rings. The van der Waals surface area contributed by atoms with Crippen LogP contribution in [0.3, 0.4) is 0 Å². The monoisotopic (exact) mass is 1100 g/mol. The van der Waals surface area contributed by atoms with Crippen LogP contribution in [0.25, 0.3) is 160 Å². The number of rotatable bonds is 8. The molecule has 3 heterocycles. The van der Waals surface area contributed by atoms with Gasteiger partial charge in [-0.05, 0) is 176 Å². The molecule has 0 saturated carbocycles. The number of hydrogen-bond acceptors (Lipinski definition) is 1. The molecule has 0 aliphatic carbocycles. The second kappa shape index (κ2) is 19.3. The minimum Gasteiger partial charge on any atom is -0.456 e. The first-order chi connectivity index (χ1) is 41.8. The predicted molar refractivity (Wildman–Crippen MR) is 363 cm³/mol. The summed E-state index contributed by atoms with van der Waals surface area (Å²) in [5, 5.41) is 12.8. The summed E-state index contributed by atoms with van der Waals surface area (Å²) in [6.45, 7) is 5.06. The molecule has 85 heavy (non-hydrogen) atoms. The molecule has 0 amide bonds. The van der Waals surface area contributed by atoms with Gasteiger partial charge in [0.25, 0.3) is 0 Å². The summed E-state index contributed by atoms with van der Waals surface area (Å²) < 4.78 is 8.73. The average Bonchev–Trinajstić information content (AvgIpc) is 2.41. The van der Waals surface area contributed by atoms with E-state index in [-0.39, 0.29) is 0 Å². The van der Waals surface area contributed by atoms with Crippen molar-refractivity contribution in [2.24, 2.45) is 0 Å². The largest absolute Gasteiger partial charge is 0.456 e. The van der Waals surface area contributed by atoms with Crippen molar-refractivity contribution >= 4 is 83.7 Å². The fraction of sp³-hybridized carbons (Fsp3) is 0.0244. The van der Waals surface area contributed by atoms with E-state index >= 15 is 0 Å². The number of nitrogens with zero attached hydrogens (tertiary/aromatic N) is 1. The van der Waals surface area contributed by atoms with E-state index in [0.29, 0.717) is 0 Å². The number of benzene rings is 14. The highest BCUT2D eigenvalue weighted by Gasteiger charge is 2.38. The van der Waals surface area contributed by atoms with Crippen LogP contribution in [-0.4, -0.2) is 12.6 Å². The second-order valence-electron chi connectivity index (χ2n) is 23.6. The van der Waals surface area contributed by atoms with Crippen molar-refractivity contribution in [3.8, 4) is 94.7 Å². The lowest BCUT2D eigenvalue weighted by Gasteiger charge is -2.20. The van der Waals surface area contributed by atoms with Crippen molar-refractivity contribution in [1.82, 2.24) is 4.57 Å². The lowest BCUT2D eigenvalue weighted by molar-refractivity contribution is 0.669. The third kappa shape index (κ3) is 8.07. The van der Waals surface area contributed by atoms with Crippen molar-refractivity contribution in [2.75, 3.05) is 0 Å². The molecule has 0 spiro atoms. The van der Waals surface area contributed by atoms with Gasteiger partial charge in [0.2, 0.25) is 0 Å². The highest BCUT2D eigenvalue weighted by Crippen LogP contribution is 2.42. The predicted octanol–water partition coefficient (Wildman–Crippen LogP) is 21.5. The Morgan fingerprint density at radius 1 is 0.247 bits per heavy atom. The fourth-order valence-electron chi connectivity index (χ4n) is 14.0. The summed E-state index contributed by atoms with van der Waals surface area (Å²) in [6, 6.07) is 110. The minimum atomic E-state index is -2.16. The van der Waals surface area contributed by atoms with E-state index in [1.165, 1.54) is 148 Å². The molecule has 0 N–H and O–H groups in total. The number of hydrogen-bond donors (Lipinski definition) is 0. The normalized spacial score (nSPS) is 12.7. The SMILES string of the molecule is C[Si]1(C)c2cc(-c3ccc4oc5ccccc5c4c3)ccc2-c2ccc(-n3c4ccc(-c5ccc(-c6ccc(-c7cccc8ccccc78)cc6)cc5)cc4c4cc(-c5ccc(-c6ccc(-c7cccc8ccccc78)cc6)cc5)ccc43)cc21. The van der Waals surface area contributed by atoms with Gasteiger partial charge < -0.3 is 8.98 Å². The van der Waals surface area contributed by atoms with Crippen LogP contribution < -0.4 is 10.4 Å². The number of furan rings is 1. The van der Waals surface area contributed by atoms with E-state index in [4.69, 9.17) is 4.42 Å². The summed E-state index contributed by atoms with van der Waals surface area (Å²) in [7, 11) is -2.16. The van der Waals surface area contributed by atoms with E-state index in [9.17, 15) is 0 Å². The van der Waals surface area contributed by atoms with Gasteiger partial charge in [0.05, 0.1) is 11.0 Å². The molecule has 2 aromatic heterocycles. The molecule has 17 rings (SSSR count). The zero-order valence-corrected chi connectivity index (χ0v) is 48.1. The van der Waals surface area contributed by atoms with Gasteiger partial charge in [-0.15, -0.1) is 0 Å². The van der Waals surface area contributed by atoms with E-state index in [1.807, 2.05) is 6.07 Å². The van der Waals surface area contributed by atoms with Crippen molar-refractivity contribution in [3.05, 3.63) is 297 Å². The lowest BCUT2D eigenvalue weighted by Crippen LogP contribution is -2.49. The van der Waals surface area contributed by atoms with E-state index in [1.54, 1.807) is 0 Å². The van der Waals surface area contributed by atoms with Gasteiger partial charge in [0, 0.05) is 27.2 Å². The highest BCUT2D eigenvalue weighted by molar-refractivity contribution is 7.04. The molecule has 1 aliphatic heterocycles. The molecule has 2 nitrogen and oxygen atoms in total. The molecule has 398 valence electrons. The molecule has 0 radical (unpaired) electrons. The van der Waals surface area contributed by atoms with Gasteiger partial charge in [-0.2, -0.15) is 0 Å². The first-order valence-corrected chi connectivity index (χ1v) is 32.5. The first kappa shape index (κ1) is 49.1. The average molecular weight is 1100 g/mol. The summed E-state index contributed by atoms with van der Waals surface area (Å²) in [4.78, 5) is 0. The smallest absolute Gasteiger partial charge is 0.135 e. The molecule has 0 unspecified atom stereocenters. The van der Waals surface area contributed by atoms with Gasteiger partial charge >= 0.3 is 0 Å². The van der Waals surface area contributed by atoms with Crippen molar-refractivity contribution in [1.29, 1.82) is 0 Å². The number of para-hydroxylation sites is 1. The Balaban J connectivity index is 0.730. The fourth-order valence-corrected chi connectivity index (χ4v) is 17.1. The van der Waals surface area contributed by atoms with Gasteiger partial charge in [-0.1, -0.05) is 256 Å². The van der Waals surface area contributed by atoms with E-state index in [0.717, 1.165) is 21.9 Å². The molecule has 0 atom stereocenters. The van der Waals surface area contributed by atoms with Crippen LogP contribution in [0.1, 0.15) is 0 Å². The van der Waals surface area contributed by atoms with Crippen LogP contribution >= 0.6 is 0 Å². The van der Waals surface area contributed by atoms with Crippen LogP contribution in [0.15, 0.2) is 302 Å². The maximum atomic E-state index is 6.22. The zero-order chi connectivity index (χ0) is 56.3. The van der Waals surface area contributed by atoms with Crippen LogP contribution in [-0.2, 0) is 0 Å². The van der Waals surface area contributed by atoms with Gasteiger partial charge in [0.15, 0.2) is 0 Å². The van der Waals surface area contributed by atoms with E-state index in [2.05, 4.69) is 309 Å². The van der Waals surface area contributed by atoms with Crippen molar-refractivity contribution in [3.63, 3.8) is 0 Å². The zero-order valence-electron chi connectivity index (χ0n) is 47.1. The van der Waals surface area contributed by atoms with Gasteiger partial charge in [-0.3, -0.25) is 0 Å². The molecule has 0 saturated heterocycles. The van der Waals surface area contributed by atoms with Crippen LogP contribution in [0.2, 0.25) is 13.1 Å². The van der Waals surface area contributed by atoms with Crippen LogP contribution in [0, 0.1) is 0 Å². The summed E-state index contributed by atoms with van der Waals surface area (Å²) >= 11 is 0.